The molecule has 1 heterocycles. The first-order valence-electron chi connectivity index (χ1n) is 5.79. The van der Waals surface area contributed by atoms with E-state index in [1.807, 2.05) is 38.1 Å². The van der Waals surface area contributed by atoms with E-state index in [-0.39, 0.29) is 11.9 Å². The maximum absolute atomic E-state index is 12.1. The zero-order valence-corrected chi connectivity index (χ0v) is 13.7. The number of benzene rings is 1. The smallest absolute Gasteiger partial charge is 0.251 e. The average Bonchev–Trinajstić information content (AvgIpc) is 2.79. The molecular formula is C14H13BrClNOS. The summed E-state index contributed by atoms with van der Waals surface area (Å²) in [5, 5.41) is 2.97. The van der Waals surface area contributed by atoms with Gasteiger partial charge in [0.25, 0.3) is 5.91 Å². The molecule has 5 heteroatoms. The average molecular weight is 359 g/mol. The number of amides is 1. The molecule has 2 aromatic rings. The van der Waals surface area contributed by atoms with Crippen LogP contribution in [0.2, 0.25) is 4.34 Å². The van der Waals surface area contributed by atoms with Crippen LogP contribution in [0.3, 0.4) is 0 Å². The van der Waals surface area contributed by atoms with Gasteiger partial charge in [0.05, 0.1) is 10.4 Å². The SMILES string of the molecule is Cc1cc(C(=O)NC(C)c2ccc(Cl)s2)ccc1Br. The standard InChI is InChI=1S/C14H13BrClNOS/c1-8-7-10(3-4-11(8)15)14(18)17-9(2)12-5-6-13(16)19-12/h3-7,9H,1-2H3,(H,17,18). The molecule has 2 rings (SSSR count). The molecule has 0 radical (unpaired) electrons. The first-order valence-corrected chi connectivity index (χ1v) is 7.78. The third-order valence-corrected chi connectivity index (χ3v) is 5.09. The van der Waals surface area contributed by atoms with E-state index < -0.39 is 0 Å². The molecule has 1 N–H and O–H groups in total. The maximum Gasteiger partial charge on any atom is 0.251 e. The van der Waals surface area contributed by atoms with Crippen molar-refractivity contribution < 1.29 is 4.79 Å². The number of rotatable bonds is 3. The van der Waals surface area contributed by atoms with E-state index in [0.717, 1.165) is 19.2 Å². The molecule has 0 saturated heterocycles. The summed E-state index contributed by atoms with van der Waals surface area (Å²) in [5.41, 5.74) is 1.70. The van der Waals surface area contributed by atoms with E-state index in [2.05, 4.69) is 21.2 Å². The summed E-state index contributed by atoms with van der Waals surface area (Å²) in [6.45, 7) is 3.91. The van der Waals surface area contributed by atoms with Crippen molar-refractivity contribution in [2.75, 3.05) is 0 Å². The molecule has 1 atom stereocenters. The zero-order valence-electron chi connectivity index (χ0n) is 10.5. The van der Waals surface area contributed by atoms with Crippen LogP contribution in [0.15, 0.2) is 34.8 Å². The molecule has 1 amide bonds. The van der Waals surface area contributed by atoms with Crippen LogP contribution in [-0.2, 0) is 0 Å². The van der Waals surface area contributed by atoms with Gasteiger partial charge in [0.2, 0.25) is 0 Å². The lowest BCUT2D eigenvalue weighted by Crippen LogP contribution is -2.26. The van der Waals surface area contributed by atoms with Crippen LogP contribution >= 0.6 is 38.9 Å². The van der Waals surface area contributed by atoms with Crippen LogP contribution < -0.4 is 5.32 Å². The van der Waals surface area contributed by atoms with Crippen molar-refractivity contribution in [1.29, 1.82) is 0 Å². The third-order valence-electron chi connectivity index (χ3n) is 2.79. The maximum atomic E-state index is 12.1. The van der Waals surface area contributed by atoms with Crippen LogP contribution in [0.1, 0.15) is 33.8 Å². The van der Waals surface area contributed by atoms with Crippen molar-refractivity contribution >= 4 is 44.8 Å². The second-order valence-electron chi connectivity index (χ2n) is 4.30. The molecule has 1 aromatic heterocycles. The Morgan fingerprint density at radius 3 is 2.68 bits per heavy atom. The number of carbonyl (C=O) groups is 1. The molecule has 0 aliphatic rings. The summed E-state index contributed by atoms with van der Waals surface area (Å²) in [7, 11) is 0. The monoisotopic (exact) mass is 357 g/mol. The Hall–Kier alpha value is -0.840. The van der Waals surface area contributed by atoms with Crippen molar-refractivity contribution in [1.82, 2.24) is 5.32 Å². The van der Waals surface area contributed by atoms with Gasteiger partial charge in [-0.3, -0.25) is 4.79 Å². The van der Waals surface area contributed by atoms with Gasteiger partial charge in [-0.2, -0.15) is 0 Å². The van der Waals surface area contributed by atoms with Crippen LogP contribution in [0.4, 0.5) is 0 Å². The zero-order chi connectivity index (χ0) is 14.0. The molecule has 0 aliphatic heterocycles. The second-order valence-corrected chi connectivity index (χ2v) is 6.90. The highest BCUT2D eigenvalue weighted by Gasteiger charge is 2.13. The number of hydrogen-bond donors (Lipinski definition) is 1. The number of carbonyl (C=O) groups excluding carboxylic acids is 1. The molecule has 0 fully saturated rings. The molecule has 1 aromatic carbocycles. The normalized spacial score (nSPS) is 12.2. The van der Waals surface area contributed by atoms with Gasteiger partial charge in [0, 0.05) is 14.9 Å². The Kier molecular flexibility index (Phi) is 4.66. The van der Waals surface area contributed by atoms with Gasteiger partial charge in [-0.15, -0.1) is 11.3 Å². The molecule has 0 spiro atoms. The number of halogens is 2. The third kappa shape index (κ3) is 3.59. The van der Waals surface area contributed by atoms with Crippen molar-refractivity contribution in [3.05, 3.63) is 55.1 Å². The van der Waals surface area contributed by atoms with E-state index in [0.29, 0.717) is 5.56 Å². The second kappa shape index (κ2) is 6.07. The fourth-order valence-corrected chi connectivity index (χ4v) is 3.01. The lowest BCUT2D eigenvalue weighted by Gasteiger charge is -2.12. The molecule has 0 bridgehead atoms. The van der Waals surface area contributed by atoms with Crippen LogP contribution in [0.25, 0.3) is 0 Å². The van der Waals surface area contributed by atoms with Gasteiger partial charge in [-0.05, 0) is 49.7 Å². The minimum atomic E-state index is -0.0763. The Labute approximate surface area is 129 Å². The van der Waals surface area contributed by atoms with Crippen LogP contribution in [0.5, 0.6) is 0 Å². The lowest BCUT2D eigenvalue weighted by molar-refractivity contribution is 0.0940. The topological polar surface area (TPSA) is 29.1 Å². The Morgan fingerprint density at radius 2 is 2.11 bits per heavy atom. The number of nitrogens with one attached hydrogen (secondary N) is 1. The van der Waals surface area contributed by atoms with E-state index >= 15 is 0 Å². The van der Waals surface area contributed by atoms with E-state index in [1.54, 1.807) is 6.07 Å². The quantitative estimate of drug-likeness (QED) is 0.825. The highest BCUT2D eigenvalue weighted by atomic mass is 79.9. The molecule has 0 saturated carbocycles. The highest BCUT2D eigenvalue weighted by Crippen LogP contribution is 2.27. The van der Waals surface area contributed by atoms with Gasteiger partial charge < -0.3 is 5.32 Å². The fourth-order valence-electron chi connectivity index (χ4n) is 1.70. The van der Waals surface area contributed by atoms with E-state index in [9.17, 15) is 4.79 Å². The predicted octanol–water partition coefficient (Wildman–Crippen LogP) is 4.96. The van der Waals surface area contributed by atoms with Crippen molar-refractivity contribution in [3.63, 3.8) is 0 Å². The Morgan fingerprint density at radius 1 is 1.37 bits per heavy atom. The first kappa shape index (κ1) is 14.6. The molecule has 2 nitrogen and oxygen atoms in total. The molecular weight excluding hydrogens is 346 g/mol. The van der Waals surface area contributed by atoms with Gasteiger partial charge in [-0.25, -0.2) is 0 Å². The Bertz CT molecular complexity index is 611. The molecule has 0 aliphatic carbocycles. The first-order chi connectivity index (χ1) is 8.97. The minimum Gasteiger partial charge on any atom is -0.345 e. The summed E-state index contributed by atoms with van der Waals surface area (Å²) in [5.74, 6) is -0.0763. The van der Waals surface area contributed by atoms with Gasteiger partial charge in [0.1, 0.15) is 0 Å². The predicted molar refractivity (Wildman–Crippen MR) is 84.1 cm³/mol. The minimum absolute atomic E-state index is 0.0473. The molecule has 19 heavy (non-hydrogen) atoms. The number of hydrogen-bond acceptors (Lipinski definition) is 2. The number of thiophene rings is 1. The lowest BCUT2D eigenvalue weighted by atomic mass is 10.1. The highest BCUT2D eigenvalue weighted by molar-refractivity contribution is 9.10. The Balaban J connectivity index is 2.10. The number of aryl methyl sites for hydroxylation is 1. The van der Waals surface area contributed by atoms with Gasteiger partial charge >= 0.3 is 0 Å². The van der Waals surface area contributed by atoms with E-state index in [4.69, 9.17) is 11.6 Å². The summed E-state index contributed by atoms with van der Waals surface area (Å²) >= 11 is 10.8. The molecule has 1 unspecified atom stereocenters. The summed E-state index contributed by atoms with van der Waals surface area (Å²) in [6, 6.07) is 9.29. The van der Waals surface area contributed by atoms with Crippen LogP contribution in [-0.4, -0.2) is 5.91 Å². The summed E-state index contributed by atoms with van der Waals surface area (Å²) in [6.07, 6.45) is 0. The van der Waals surface area contributed by atoms with E-state index in [1.165, 1.54) is 11.3 Å². The summed E-state index contributed by atoms with van der Waals surface area (Å²) in [4.78, 5) is 13.2. The largest absolute Gasteiger partial charge is 0.345 e. The van der Waals surface area contributed by atoms with Gasteiger partial charge in [-0.1, -0.05) is 27.5 Å². The van der Waals surface area contributed by atoms with Crippen molar-refractivity contribution in [3.8, 4) is 0 Å². The van der Waals surface area contributed by atoms with Gasteiger partial charge in [0.15, 0.2) is 0 Å². The van der Waals surface area contributed by atoms with Crippen molar-refractivity contribution in [2.45, 2.75) is 19.9 Å². The fraction of sp³-hybridized carbons (Fsp3) is 0.214. The van der Waals surface area contributed by atoms with Crippen LogP contribution in [0, 0.1) is 6.92 Å². The summed E-state index contributed by atoms with van der Waals surface area (Å²) < 4.78 is 1.73. The van der Waals surface area contributed by atoms with Crippen molar-refractivity contribution in [2.24, 2.45) is 0 Å². The molecule has 100 valence electrons.